The Labute approximate surface area is 142 Å². The van der Waals surface area contributed by atoms with Crippen molar-refractivity contribution in [2.45, 2.75) is 25.3 Å². The van der Waals surface area contributed by atoms with Crippen LogP contribution in [0.15, 0.2) is 45.3 Å². The number of anilines is 1. The van der Waals surface area contributed by atoms with E-state index in [1.54, 1.807) is 7.11 Å². The second-order valence-electron chi connectivity index (χ2n) is 5.34. The topological polar surface area (TPSA) is 21.3 Å². The van der Waals surface area contributed by atoms with Crippen molar-refractivity contribution in [3.63, 3.8) is 0 Å². The van der Waals surface area contributed by atoms with E-state index in [2.05, 4.69) is 61.4 Å². The summed E-state index contributed by atoms with van der Waals surface area (Å²) in [6.45, 7) is 0.800. The van der Waals surface area contributed by atoms with Crippen LogP contribution in [0.3, 0.4) is 0 Å². The van der Waals surface area contributed by atoms with Crippen molar-refractivity contribution in [3.05, 3.63) is 56.5 Å². The van der Waals surface area contributed by atoms with Gasteiger partial charge in [-0.15, -0.1) is 0 Å². The Hall–Kier alpha value is -1.000. The highest BCUT2D eigenvalue weighted by Crippen LogP contribution is 2.40. The molecule has 1 aliphatic carbocycles. The molecule has 2 aromatic rings. The van der Waals surface area contributed by atoms with Crippen LogP contribution >= 0.6 is 31.9 Å². The van der Waals surface area contributed by atoms with Gasteiger partial charge in [-0.3, -0.25) is 0 Å². The number of methoxy groups -OCH3 is 1. The Morgan fingerprint density at radius 2 is 1.81 bits per heavy atom. The molecule has 1 aliphatic rings. The van der Waals surface area contributed by atoms with Crippen molar-refractivity contribution < 1.29 is 4.74 Å². The number of hydrogen-bond donors (Lipinski definition) is 1. The van der Waals surface area contributed by atoms with E-state index >= 15 is 0 Å². The van der Waals surface area contributed by atoms with E-state index in [4.69, 9.17) is 4.74 Å². The first-order valence-electron chi connectivity index (χ1n) is 7.03. The summed E-state index contributed by atoms with van der Waals surface area (Å²) in [6.07, 6.45) is 2.70. The third-order valence-electron chi connectivity index (χ3n) is 3.75. The molecule has 21 heavy (non-hydrogen) atoms. The molecule has 1 N–H and O–H groups in total. The summed E-state index contributed by atoms with van der Waals surface area (Å²) in [4.78, 5) is 0. The zero-order valence-electron chi connectivity index (χ0n) is 11.8. The van der Waals surface area contributed by atoms with Crippen molar-refractivity contribution in [2.24, 2.45) is 0 Å². The van der Waals surface area contributed by atoms with Crippen molar-refractivity contribution in [3.8, 4) is 5.75 Å². The van der Waals surface area contributed by atoms with Crippen LogP contribution < -0.4 is 10.1 Å². The minimum absolute atomic E-state index is 0.800. The summed E-state index contributed by atoms with van der Waals surface area (Å²) in [7, 11) is 1.67. The van der Waals surface area contributed by atoms with Crippen LogP contribution in [0.2, 0.25) is 0 Å². The van der Waals surface area contributed by atoms with Gasteiger partial charge < -0.3 is 10.1 Å². The number of ether oxygens (including phenoxy) is 1. The Morgan fingerprint density at radius 1 is 1.10 bits per heavy atom. The zero-order chi connectivity index (χ0) is 14.8. The number of halogens is 2. The lowest BCUT2D eigenvalue weighted by Gasteiger charge is -2.12. The molecular weight excluding hydrogens is 394 g/mol. The molecule has 1 fully saturated rings. The van der Waals surface area contributed by atoms with E-state index in [1.165, 1.54) is 24.0 Å². The highest BCUT2D eigenvalue weighted by Gasteiger charge is 2.22. The van der Waals surface area contributed by atoms with Crippen molar-refractivity contribution in [2.75, 3.05) is 12.4 Å². The molecule has 4 heteroatoms. The average Bonchev–Trinajstić information content (AvgIpc) is 3.32. The lowest BCUT2D eigenvalue weighted by molar-refractivity contribution is 0.412. The normalized spacial score (nSPS) is 14.0. The number of nitrogens with one attached hydrogen (secondary N) is 1. The number of benzene rings is 2. The van der Waals surface area contributed by atoms with Crippen molar-refractivity contribution >= 4 is 37.5 Å². The minimum Gasteiger partial charge on any atom is -0.495 e. The average molecular weight is 411 g/mol. The smallest absolute Gasteiger partial charge is 0.135 e. The third-order valence-corrected chi connectivity index (χ3v) is 5.03. The van der Waals surface area contributed by atoms with Gasteiger partial charge in [0.15, 0.2) is 0 Å². The fourth-order valence-corrected chi connectivity index (χ4v) is 3.64. The second-order valence-corrected chi connectivity index (χ2v) is 7.04. The van der Waals surface area contributed by atoms with Crippen LogP contribution in [0.5, 0.6) is 5.75 Å². The van der Waals surface area contributed by atoms with E-state index in [9.17, 15) is 0 Å². The summed E-state index contributed by atoms with van der Waals surface area (Å²) >= 11 is 7.06. The maximum absolute atomic E-state index is 5.33. The van der Waals surface area contributed by atoms with Gasteiger partial charge >= 0.3 is 0 Å². The molecule has 0 bridgehead atoms. The van der Waals surface area contributed by atoms with Gasteiger partial charge in [-0.25, -0.2) is 0 Å². The zero-order valence-corrected chi connectivity index (χ0v) is 15.0. The van der Waals surface area contributed by atoms with E-state index in [1.807, 2.05) is 12.1 Å². The molecule has 0 heterocycles. The first kappa shape index (κ1) is 14.9. The molecule has 0 spiro atoms. The number of hydrogen-bond acceptors (Lipinski definition) is 2. The van der Waals surface area contributed by atoms with E-state index in [0.29, 0.717) is 0 Å². The summed E-state index contributed by atoms with van der Waals surface area (Å²) < 4.78 is 7.29. The van der Waals surface area contributed by atoms with Gasteiger partial charge in [0.05, 0.1) is 17.3 Å². The van der Waals surface area contributed by atoms with Gasteiger partial charge in [-0.05, 0) is 67.8 Å². The van der Waals surface area contributed by atoms with E-state index < -0.39 is 0 Å². The fourth-order valence-electron chi connectivity index (χ4n) is 2.34. The first-order valence-corrected chi connectivity index (χ1v) is 8.61. The molecule has 1 saturated carbocycles. The molecule has 110 valence electrons. The molecule has 0 amide bonds. The molecule has 0 radical (unpaired) electrons. The molecule has 3 rings (SSSR count). The maximum atomic E-state index is 5.33. The summed E-state index contributed by atoms with van der Waals surface area (Å²) in [6, 6.07) is 12.9. The van der Waals surface area contributed by atoms with Crippen LogP contribution in [-0.2, 0) is 6.54 Å². The van der Waals surface area contributed by atoms with Gasteiger partial charge in [0, 0.05) is 17.1 Å². The minimum atomic E-state index is 0.800. The fraction of sp³-hybridized carbons (Fsp3) is 0.294. The van der Waals surface area contributed by atoms with Gasteiger partial charge in [-0.1, -0.05) is 24.3 Å². The lowest BCUT2D eigenvalue weighted by atomic mass is 10.1. The molecule has 0 aromatic heterocycles. The molecule has 2 nitrogen and oxygen atoms in total. The van der Waals surface area contributed by atoms with Crippen molar-refractivity contribution in [1.29, 1.82) is 0 Å². The highest BCUT2D eigenvalue weighted by molar-refractivity contribution is 9.11. The van der Waals surface area contributed by atoms with Crippen LogP contribution in [0.25, 0.3) is 0 Å². The van der Waals surface area contributed by atoms with Crippen LogP contribution in [0.4, 0.5) is 5.69 Å². The maximum Gasteiger partial charge on any atom is 0.135 e. The lowest BCUT2D eigenvalue weighted by Crippen LogP contribution is -2.01. The quantitative estimate of drug-likeness (QED) is 0.681. The predicted octanol–water partition coefficient (Wildman–Crippen LogP) is 5.71. The highest BCUT2D eigenvalue weighted by atomic mass is 79.9. The van der Waals surface area contributed by atoms with E-state index in [-0.39, 0.29) is 0 Å². The molecule has 0 unspecified atom stereocenters. The molecule has 0 aliphatic heterocycles. The molecule has 0 saturated heterocycles. The van der Waals surface area contributed by atoms with Gasteiger partial charge in [0.2, 0.25) is 0 Å². The molecule has 0 atom stereocenters. The monoisotopic (exact) mass is 409 g/mol. The summed E-state index contributed by atoms with van der Waals surface area (Å²) in [5, 5.41) is 3.45. The Kier molecular flexibility index (Phi) is 4.55. The molecular formula is C17H17Br2NO. The Balaban J connectivity index is 1.69. The molecule has 2 aromatic carbocycles. The first-order chi connectivity index (χ1) is 10.2. The van der Waals surface area contributed by atoms with Crippen LogP contribution in [0.1, 0.15) is 29.9 Å². The van der Waals surface area contributed by atoms with Crippen LogP contribution in [-0.4, -0.2) is 7.11 Å². The SMILES string of the molecule is COc1cc(NCc2ccc(C3CC3)cc2)c(Br)cc1Br. The number of rotatable bonds is 5. The largest absolute Gasteiger partial charge is 0.495 e. The van der Waals surface area contributed by atoms with Gasteiger partial charge in [-0.2, -0.15) is 0 Å². The van der Waals surface area contributed by atoms with Crippen LogP contribution in [0, 0.1) is 0 Å². The van der Waals surface area contributed by atoms with Gasteiger partial charge in [0.25, 0.3) is 0 Å². The Bertz CT molecular complexity index is 636. The summed E-state index contributed by atoms with van der Waals surface area (Å²) in [5.74, 6) is 1.64. The van der Waals surface area contributed by atoms with Crippen molar-refractivity contribution in [1.82, 2.24) is 0 Å². The van der Waals surface area contributed by atoms with Gasteiger partial charge in [0.1, 0.15) is 5.75 Å². The second kappa shape index (κ2) is 6.41. The van der Waals surface area contributed by atoms with E-state index in [0.717, 1.165) is 32.8 Å². The summed E-state index contributed by atoms with van der Waals surface area (Å²) in [5.41, 5.74) is 3.79. The third kappa shape index (κ3) is 3.61. The Morgan fingerprint density at radius 3 is 2.43 bits per heavy atom. The standard InChI is InChI=1S/C17H17Br2NO/c1-21-17-9-16(14(18)8-15(17)19)20-10-11-2-4-12(5-3-11)13-6-7-13/h2-5,8-9,13,20H,6-7,10H2,1H3. The predicted molar refractivity (Wildman–Crippen MR) is 94.1 cm³/mol.